The molecule has 636 valence electrons. The van der Waals surface area contributed by atoms with Gasteiger partial charge in [0.2, 0.25) is 0 Å². The van der Waals surface area contributed by atoms with Crippen LogP contribution in [0.4, 0.5) is 127 Å². The van der Waals surface area contributed by atoms with Crippen molar-refractivity contribution < 1.29 is 156 Å². The van der Waals surface area contributed by atoms with Crippen LogP contribution in [-0.4, -0.2) is 19.8 Å². The summed E-state index contributed by atoms with van der Waals surface area (Å²) in [5, 5.41) is 0. The molecule has 10 aromatic carbocycles. The second-order valence-electron chi connectivity index (χ2n) is 26.8. The molecule has 0 N–H and O–H groups in total. The zero-order valence-electron chi connectivity index (χ0n) is 61.8. The predicted molar refractivity (Wildman–Crippen MR) is 373 cm³/mol. The van der Waals surface area contributed by atoms with E-state index in [0.717, 1.165) is 62.6 Å². The Morgan fingerprint density at radius 2 is 0.664 bits per heavy atom. The fourth-order valence-corrected chi connectivity index (χ4v) is 12.4. The summed E-state index contributed by atoms with van der Waals surface area (Å²) in [6.45, 7) is 11.7. The first-order chi connectivity index (χ1) is 55.7. The molecule has 2 bridgehead atoms. The molecule has 0 saturated carbocycles. The van der Waals surface area contributed by atoms with Gasteiger partial charge in [0.1, 0.15) is 127 Å². The number of hydrogen-bond acceptors (Lipinski definition) is 6. The van der Waals surface area contributed by atoms with E-state index < -0.39 is 203 Å². The SMILES string of the molecule is C=CC.CCCCCC12COC(c3cc(F)c(C(F)(F)Oc4cc(F)c(F)c(F)c4)c(F)c3)(OC1)OC2.CCCCc1ccc(-c2ccc(-c3cc(F)c(C(F)(F)Oc4cc(F)c(C(F)(F)F)c(F)c4)c(F)c3)c(F)c2)cc1.CCc1ccc(-c2cc(F)c(-c3cc(F)c(C(F)(F)Oc4cc(F)c(C(F)(F)F)c(F)c4)c(F)c3)c(F)c2)c(F)c1. The summed E-state index contributed by atoms with van der Waals surface area (Å²) < 4.78 is 435. The summed E-state index contributed by atoms with van der Waals surface area (Å²) in [5.41, 5.74) is -11.8. The smallest absolute Gasteiger partial charge is 0.429 e. The molecule has 0 unspecified atom stereocenters. The quantitative estimate of drug-likeness (QED) is 0.0292. The van der Waals surface area contributed by atoms with Crippen LogP contribution in [0.2, 0.25) is 0 Å². The van der Waals surface area contributed by atoms with E-state index in [0.29, 0.717) is 59.5 Å². The normalized spacial score (nSPS) is 15.4. The lowest BCUT2D eigenvalue weighted by molar-refractivity contribution is -0.480. The van der Waals surface area contributed by atoms with Crippen molar-refractivity contribution in [1.82, 2.24) is 0 Å². The van der Waals surface area contributed by atoms with Crippen molar-refractivity contribution in [3.63, 3.8) is 0 Å². The van der Waals surface area contributed by atoms with E-state index in [9.17, 15) is 127 Å². The van der Waals surface area contributed by atoms with Gasteiger partial charge in [0.15, 0.2) is 17.5 Å². The lowest BCUT2D eigenvalue weighted by atomic mass is 9.82. The van der Waals surface area contributed by atoms with Gasteiger partial charge in [-0.15, -0.1) is 6.58 Å². The number of aryl methyl sites for hydroxylation is 2. The molecule has 3 saturated heterocycles. The van der Waals surface area contributed by atoms with Crippen LogP contribution in [0.3, 0.4) is 0 Å². The first kappa shape index (κ1) is 92.1. The van der Waals surface area contributed by atoms with Crippen molar-refractivity contribution in [2.24, 2.45) is 5.41 Å². The highest BCUT2D eigenvalue weighted by molar-refractivity contribution is 5.74. The van der Waals surface area contributed by atoms with Gasteiger partial charge < -0.3 is 28.4 Å². The maximum absolute atomic E-state index is 15.0. The first-order valence-corrected chi connectivity index (χ1v) is 35.3. The predicted octanol–water partition coefficient (Wildman–Crippen LogP) is 27.4. The fourth-order valence-electron chi connectivity index (χ4n) is 12.4. The number of allylic oxidation sites excluding steroid dienone is 1. The van der Waals surface area contributed by atoms with Crippen molar-refractivity contribution >= 4 is 0 Å². The van der Waals surface area contributed by atoms with Crippen molar-refractivity contribution in [2.45, 2.75) is 116 Å². The van der Waals surface area contributed by atoms with E-state index >= 15 is 0 Å². The van der Waals surface area contributed by atoms with Gasteiger partial charge in [-0.05, 0) is 132 Å². The summed E-state index contributed by atoms with van der Waals surface area (Å²) in [6.07, 6.45) is -16.8. The Bertz CT molecular complexity index is 5170. The molecule has 0 aromatic heterocycles. The lowest BCUT2D eigenvalue weighted by Gasteiger charge is -2.52. The number of benzene rings is 10. The number of alkyl halides is 12. The third-order valence-electron chi connectivity index (χ3n) is 18.1. The Balaban J connectivity index is 0.000000201. The minimum Gasteiger partial charge on any atom is -0.429 e. The lowest BCUT2D eigenvalue weighted by Crippen LogP contribution is -2.58. The van der Waals surface area contributed by atoms with Crippen LogP contribution in [0.5, 0.6) is 17.2 Å². The molecule has 35 heteroatoms. The van der Waals surface area contributed by atoms with Crippen LogP contribution in [0.25, 0.3) is 44.5 Å². The number of fused-ring (bicyclic) bond motifs is 3. The van der Waals surface area contributed by atoms with Gasteiger partial charge in [-0.2, -0.15) is 52.7 Å². The highest BCUT2D eigenvalue weighted by Gasteiger charge is 2.55. The number of ether oxygens (including phenoxy) is 6. The van der Waals surface area contributed by atoms with E-state index in [4.69, 9.17) is 14.2 Å². The zero-order chi connectivity index (χ0) is 88.0. The van der Waals surface area contributed by atoms with Crippen LogP contribution in [0, 0.1) is 104 Å². The highest BCUT2D eigenvalue weighted by Crippen LogP contribution is 2.50. The molecule has 13 rings (SSSR count). The van der Waals surface area contributed by atoms with Gasteiger partial charge in [-0.3, -0.25) is 0 Å². The van der Waals surface area contributed by atoms with E-state index in [1.165, 1.54) is 24.3 Å². The van der Waals surface area contributed by atoms with Crippen molar-refractivity contribution in [3.05, 3.63) is 302 Å². The molecule has 0 atom stereocenters. The van der Waals surface area contributed by atoms with Crippen molar-refractivity contribution in [3.8, 4) is 61.8 Å². The maximum Gasteiger partial charge on any atom is 0.432 e. The topological polar surface area (TPSA) is 55.4 Å². The molecule has 119 heavy (non-hydrogen) atoms. The minimum absolute atomic E-state index is 0.112. The number of rotatable bonds is 22. The van der Waals surface area contributed by atoms with Gasteiger partial charge in [-0.1, -0.05) is 101 Å². The molecule has 3 aliphatic heterocycles. The summed E-state index contributed by atoms with van der Waals surface area (Å²) in [7, 11) is 0. The van der Waals surface area contributed by atoms with Crippen LogP contribution >= 0.6 is 0 Å². The van der Waals surface area contributed by atoms with E-state index in [1.54, 1.807) is 25.1 Å². The monoisotopic (exact) mass is 1720 g/mol. The second-order valence-corrected chi connectivity index (χ2v) is 26.8. The molecule has 6 nitrogen and oxygen atoms in total. The van der Waals surface area contributed by atoms with Gasteiger partial charge in [0.25, 0.3) is 0 Å². The van der Waals surface area contributed by atoms with Crippen LogP contribution in [-0.2, 0) is 63.7 Å². The third kappa shape index (κ3) is 21.1. The first-order valence-electron chi connectivity index (χ1n) is 35.3. The Kier molecular flexibility index (Phi) is 28.5. The Morgan fingerprint density at radius 3 is 1.03 bits per heavy atom. The van der Waals surface area contributed by atoms with Gasteiger partial charge in [0, 0.05) is 58.5 Å². The van der Waals surface area contributed by atoms with E-state index in [2.05, 4.69) is 34.6 Å². The Labute approximate surface area is 658 Å². The molecular formula is C84H61F29O6. The minimum atomic E-state index is -5.53. The van der Waals surface area contributed by atoms with Gasteiger partial charge in [0.05, 0.1) is 25.4 Å². The fraction of sp³-hybridized carbons (Fsp3) is 0.262. The highest BCUT2D eigenvalue weighted by atomic mass is 19.4. The Morgan fingerprint density at radius 1 is 0.345 bits per heavy atom. The average molecular weight is 1720 g/mol. The summed E-state index contributed by atoms with van der Waals surface area (Å²) >= 11 is 0. The third-order valence-corrected chi connectivity index (χ3v) is 18.1. The molecule has 3 fully saturated rings. The molecule has 0 amide bonds. The molecular weight excluding hydrogens is 1660 g/mol. The van der Waals surface area contributed by atoms with E-state index in [-0.39, 0.29) is 90.6 Å². The summed E-state index contributed by atoms with van der Waals surface area (Å²) in [6, 6.07) is 17.9. The van der Waals surface area contributed by atoms with Crippen molar-refractivity contribution in [2.75, 3.05) is 19.8 Å². The summed E-state index contributed by atoms with van der Waals surface area (Å²) in [5.74, 6) is -37.0. The molecule has 10 aromatic rings. The van der Waals surface area contributed by atoms with Crippen LogP contribution in [0.1, 0.15) is 111 Å². The Hall–Kier alpha value is -10.8. The molecule has 3 aliphatic rings. The van der Waals surface area contributed by atoms with Crippen molar-refractivity contribution in [1.29, 1.82) is 0 Å². The average Bonchev–Trinajstić information content (AvgIpc) is 0.737. The summed E-state index contributed by atoms with van der Waals surface area (Å²) in [4.78, 5) is 0. The van der Waals surface area contributed by atoms with Crippen LogP contribution in [0.15, 0.2) is 158 Å². The van der Waals surface area contributed by atoms with Gasteiger partial charge >= 0.3 is 36.7 Å². The number of hydrogen-bond donors (Lipinski definition) is 0. The second kappa shape index (κ2) is 36.8. The maximum atomic E-state index is 15.0. The zero-order valence-corrected chi connectivity index (χ0v) is 61.8. The van der Waals surface area contributed by atoms with Crippen LogP contribution < -0.4 is 14.2 Å². The largest absolute Gasteiger partial charge is 0.432 e. The standard InChI is InChI=1S/C30H20F10O.C28H14F12O.C23H21F7O4.C3H6/c1-2-3-4-16-5-7-17(8-6-16)18-9-10-21(22(31)11-18)19-12-23(32)28(24(33)13-19)30(39,40)41-20-14-25(34)27(26(35)15-20)29(36,37)38;1-2-12-3-4-16(17(29)5-12)13-6-18(30)24(19(31)7-13)14-8-20(32)26(21(33)9-14)28(39,40)41-15-10-22(34)25(23(35)11-15)27(36,37)38;1-2-3-4-5-21-10-31-23(32-11-21,33-12-21)13-6-15(24)19(16(25)7-13)22(29,30)34-14-8-17(26)20(28)18(27)9-14;1-3-2/h5-15H,2-4H2,1H3;3-11H,2H2,1H3;6-9H,2-5,10-12H2,1H3;3H,1H2,2H3. The molecule has 0 radical (unpaired) electrons. The number of unbranched alkanes of at least 4 members (excludes halogenated alkanes) is 3. The van der Waals surface area contributed by atoms with E-state index in [1.807, 2.05) is 19.1 Å². The molecule has 3 heterocycles. The molecule has 0 aliphatic carbocycles. The molecule has 0 spiro atoms. The number of halogens is 29. The van der Waals surface area contributed by atoms with Gasteiger partial charge in [-0.25, -0.2) is 74.6 Å².